The molecule has 0 saturated carbocycles. The molecule has 9 aromatic rings. The van der Waals surface area contributed by atoms with Gasteiger partial charge in [-0.2, -0.15) is 0 Å². The Balaban J connectivity index is 1.16. The van der Waals surface area contributed by atoms with E-state index in [2.05, 4.69) is 166 Å². The van der Waals surface area contributed by atoms with E-state index >= 15 is 0 Å². The van der Waals surface area contributed by atoms with Crippen molar-refractivity contribution < 1.29 is 4.74 Å². The molecule has 2 aromatic heterocycles. The number of ether oxygens (including phenoxy) is 1. The highest BCUT2D eigenvalue weighted by atomic mass is 16.5. The highest BCUT2D eigenvalue weighted by Gasteiger charge is 2.26. The van der Waals surface area contributed by atoms with Gasteiger partial charge in [-0.15, -0.1) is 0 Å². The number of fused-ring (bicyclic) bond motifs is 7. The van der Waals surface area contributed by atoms with Crippen molar-refractivity contribution in [2.75, 3.05) is 4.90 Å². The fourth-order valence-electron chi connectivity index (χ4n) is 7.37. The van der Waals surface area contributed by atoms with Gasteiger partial charge in [0.05, 0.1) is 27.9 Å². The first-order valence-electron chi connectivity index (χ1n) is 16.3. The number of benzene rings is 7. The largest absolute Gasteiger partial charge is 0.453 e. The van der Waals surface area contributed by atoms with Crippen LogP contribution in [0.3, 0.4) is 0 Å². The van der Waals surface area contributed by atoms with Crippen LogP contribution in [0.1, 0.15) is 0 Å². The van der Waals surface area contributed by atoms with Crippen molar-refractivity contribution in [3.05, 3.63) is 176 Å². The number of aromatic nitrogens is 2. The Hall–Kier alpha value is -6.52. The van der Waals surface area contributed by atoms with Crippen LogP contribution in [0.2, 0.25) is 0 Å². The lowest BCUT2D eigenvalue weighted by Gasteiger charge is -2.33. The van der Waals surface area contributed by atoms with Crippen molar-refractivity contribution in [3.8, 4) is 34.0 Å². The molecule has 0 N–H and O–H groups in total. The highest BCUT2D eigenvalue weighted by molar-refractivity contribution is 6.18. The van der Waals surface area contributed by atoms with Crippen LogP contribution < -0.4 is 9.64 Å². The molecule has 1 aliphatic heterocycles. The maximum absolute atomic E-state index is 6.31. The van der Waals surface area contributed by atoms with Crippen LogP contribution in [0.25, 0.3) is 55.2 Å². The van der Waals surface area contributed by atoms with Gasteiger partial charge in [-0.05, 0) is 83.9 Å². The van der Waals surface area contributed by atoms with E-state index in [0.717, 1.165) is 39.9 Å². The van der Waals surface area contributed by atoms with Gasteiger partial charge in [0.1, 0.15) is 0 Å². The molecule has 0 unspecified atom stereocenters. The van der Waals surface area contributed by atoms with E-state index in [1.807, 2.05) is 24.3 Å². The van der Waals surface area contributed by atoms with E-state index in [4.69, 9.17) is 4.74 Å². The van der Waals surface area contributed by atoms with E-state index in [1.165, 1.54) is 43.8 Å². The lowest BCUT2D eigenvalue weighted by atomic mass is 10.1. The standard InChI is InChI=1S/C44H29N3O/c1-2-11-30(12-3-1)31-21-23-32(24-22-31)45-28-27-37-38(45)26-25-36-35-15-4-5-16-39(35)47(44(36)37)34-14-10-13-33(29-34)46-40-17-6-8-19-42(40)48-43-20-9-7-18-41(43)46/h1-29H. The fraction of sp³-hybridized carbons (Fsp3) is 0. The maximum Gasteiger partial charge on any atom is 0.151 e. The van der Waals surface area contributed by atoms with Crippen molar-refractivity contribution in [1.82, 2.24) is 9.13 Å². The molecule has 0 bridgehead atoms. The summed E-state index contributed by atoms with van der Waals surface area (Å²) in [6.07, 6.45) is 2.20. The van der Waals surface area contributed by atoms with Crippen LogP contribution in [0.4, 0.5) is 17.1 Å². The third-order valence-corrected chi connectivity index (χ3v) is 9.53. The third kappa shape index (κ3) is 4.03. The summed E-state index contributed by atoms with van der Waals surface area (Å²) in [5, 5.41) is 3.69. The number of nitrogens with zero attached hydrogens (tertiary/aromatic N) is 3. The van der Waals surface area contributed by atoms with Gasteiger partial charge in [0.15, 0.2) is 11.5 Å². The zero-order chi connectivity index (χ0) is 31.6. The molecule has 1 aliphatic rings. The minimum atomic E-state index is 0.846. The molecule has 0 amide bonds. The van der Waals surface area contributed by atoms with Crippen LogP contribution in [0.5, 0.6) is 11.5 Å². The van der Waals surface area contributed by atoms with Crippen LogP contribution >= 0.6 is 0 Å². The quantitative estimate of drug-likeness (QED) is 0.197. The molecule has 48 heavy (non-hydrogen) atoms. The Kier molecular flexibility index (Phi) is 5.84. The van der Waals surface area contributed by atoms with Crippen molar-refractivity contribution in [1.29, 1.82) is 0 Å². The Morgan fingerprint density at radius 1 is 0.396 bits per heavy atom. The Bertz CT molecular complexity index is 2600. The van der Waals surface area contributed by atoms with Crippen LogP contribution in [0, 0.1) is 0 Å². The van der Waals surface area contributed by atoms with E-state index in [1.54, 1.807) is 0 Å². The zero-order valence-electron chi connectivity index (χ0n) is 26.0. The second-order valence-corrected chi connectivity index (χ2v) is 12.2. The summed E-state index contributed by atoms with van der Waals surface area (Å²) in [6, 6.07) is 60.2. The van der Waals surface area contributed by atoms with Crippen molar-refractivity contribution in [2.24, 2.45) is 0 Å². The SMILES string of the molecule is c1ccc(-c2ccc(-n3ccc4c3ccc3c5ccccc5n(-c5cccc(N6c7ccccc7Oc7ccccc76)c5)c34)cc2)cc1. The molecule has 0 spiro atoms. The summed E-state index contributed by atoms with van der Waals surface area (Å²) in [4.78, 5) is 2.30. The van der Waals surface area contributed by atoms with Gasteiger partial charge in [0, 0.05) is 39.4 Å². The molecule has 0 saturated heterocycles. The van der Waals surface area contributed by atoms with Crippen LogP contribution in [-0.2, 0) is 0 Å². The highest BCUT2D eigenvalue weighted by Crippen LogP contribution is 2.50. The van der Waals surface area contributed by atoms with E-state index in [0.29, 0.717) is 0 Å². The van der Waals surface area contributed by atoms with Crippen LogP contribution in [-0.4, -0.2) is 9.13 Å². The monoisotopic (exact) mass is 615 g/mol. The van der Waals surface area contributed by atoms with Gasteiger partial charge < -0.3 is 18.8 Å². The first-order chi connectivity index (χ1) is 23.8. The Morgan fingerprint density at radius 3 is 1.85 bits per heavy atom. The molecule has 226 valence electrons. The van der Waals surface area contributed by atoms with E-state index in [9.17, 15) is 0 Å². The smallest absolute Gasteiger partial charge is 0.151 e. The summed E-state index contributed by atoms with van der Waals surface area (Å²) in [6.45, 7) is 0. The minimum absolute atomic E-state index is 0.846. The first kappa shape index (κ1) is 26.7. The lowest BCUT2D eigenvalue weighted by Crippen LogP contribution is -2.15. The fourth-order valence-corrected chi connectivity index (χ4v) is 7.37. The number of rotatable bonds is 4. The number of hydrogen-bond acceptors (Lipinski definition) is 2. The molecule has 0 fully saturated rings. The predicted octanol–water partition coefficient (Wildman–Crippen LogP) is 12.0. The van der Waals surface area contributed by atoms with Crippen LogP contribution in [0.15, 0.2) is 176 Å². The molecule has 4 heteroatoms. The summed E-state index contributed by atoms with van der Waals surface area (Å²) >= 11 is 0. The zero-order valence-corrected chi connectivity index (χ0v) is 26.0. The van der Waals surface area contributed by atoms with Gasteiger partial charge >= 0.3 is 0 Å². The van der Waals surface area contributed by atoms with Crippen molar-refractivity contribution in [2.45, 2.75) is 0 Å². The van der Waals surface area contributed by atoms with E-state index < -0.39 is 0 Å². The van der Waals surface area contributed by atoms with Gasteiger partial charge in [-0.1, -0.05) is 97.1 Å². The minimum Gasteiger partial charge on any atom is -0.453 e. The average Bonchev–Trinajstić information content (AvgIpc) is 3.74. The molecule has 0 atom stereocenters. The average molecular weight is 616 g/mol. The van der Waals surface area contributed by atoms with Gasteiger partial charge in [0.25, 0.3) is 0 Å². The lowest BCUT2D eigenvalue weighted by molar-refractivity contribution is 0.477. The number of anilines is 3. The Morgan fingerprint density at radius 2 is 1.06 bits per heavy atom. The van der Waals surface area contributed by atoms with Crippen molar-refractivity contribution >= 4 is 49.8 Å². The maximum atomic E-state index is 6.31. The third-order valence-electron chi connectivity index (χ3n) is 9.53. The molecular formula is C44H29N3O. The molecule has 3 heterocycles. The number of para-hydroxylation sites is 5. The first-order valence-corrected chi connectivity index (χ1v) is 16.3. The number of hydrogen-bond donors (Lipinski definition) is 0. The van der Waals surface area contributed by atoms with Crippen molar-refractivity contribution in [3.63, 3.8) is 0 Å². The second-order valence-electron chi connectivity index (χ2n) is 12.2. The molecule has 0 aliphatic carbocycles. The van der Waals surface area contributed by atoms with Gasteiger partial charge in [0.2, 0.25) is 0 Å². The second kappa shape index (κ2) is 10.5. The summed E-state index contributed by atoms with van der Waals surface area (Å²) in [5.74, 6) is 1.69. The predicted molar refractivity (Wildman–Crippen MR) is 198 cm³/mol. The topological polar surface area (TPSA) is 22.3 Å². The molecular weight excluding hydrogens is 587 g/mol. The Labute approximate surface area is 277 Å². The molecule has 4 nitrogen and oxygen atoms in total. The van der Waals surface area contributed by atoms with Gasteiger partial charge in [-0.25, -0.2) is 0 Å². The summed E-state index contributed by atoms with van der Waals surface area (Å²) < 4.78 is 11.0. The molecule has 10 rings (SSSR count). The summed E-state index contributed by atoms with van der Waals surface area (Å²) in [5.41, 5.74) is 11.3. The molecule has 7 aromatic carbocycles. The summed E-state index contributed by atoms with van der Waals surface area (Å²) in [7, 11) is 0. The normalized spacial score (nSPS) is 12.3. The molecule has 0 radical (unpaired) electrons. The van der Waals surface area contributed by atoms with Gasteiger partial charge in [-0.3, -0.25) is 0 Å². The van der Waals surface area contributed by atoms with E-state index in [-0.39, 0.29) is 0 Å².